The number of hydrogen-bond donors (Lipinski definition) is 0. The third-order valence-corrected chi connectivity index (χ3v) is 2.95. The van der Waals surface area contributed by atoms with Crippen molar-refractivity contribution < 1.29 is 14.3 Å². The number of methoxy groups -OCH3 is 1. The van der Waals surface area contributed by atoms with Crippen molar-refractivity contribution in [1.29, 1.82) is 0 Å². The summed E-state index contributed by atoms with van der Waals surface area (Å²) in [4.78, 5) is 23.5. The second-order valence-electron chi connectivity index (χ2n) is 4.73. The molecule has 1 aromatic carbocycles. The highest BCUT2D eigenvalue weighted by Gasteiger charge is 2.24. The molecule has 0 spiro atoms. The lowest BCUT2D eigenvalue weighted by atomic mass is 9.91. The van der Waals surface area contributed by atoms with Gasteiger partial charge in [0.25, 0.3) is 0 Å². The summed E-state index contributed by atoms with van der Waals surface area (Å²) in [6, 6.07) is 9.68. The van der Waals surface area contributed by atoms with Gasteiger partial charge in [-0.15, -0.1) is 0 Å². The quantitative estimate of drug-likeness (QED) is 0.727. The van der Waals surface area contributed by atoms with Crippen molar-refractivity contribution in [3.05, 3.63) is 35.9 Å². The van der Waals surface area contributed by atoms with Crippen molar-refractivity contribution in [1.82, 2.24) is 0 Å². The van der Waals surface area contributed by atoms with Crippen LogP contribution >= 0.6 is 0 Å². The van der Waals surface area contributed by atoms with Gasteiger partial charge in [-0.1, -0.05) is 44.2 Å². The Labute approximate surface area is 108 Å². The van der Waals surface area contributed by atoms with Crippen LogP contribution in [0.5, 0.6) is 0 Å². The fourth-order valence-electron chi connectivity index (χ4n) is 1.78. The van der Waals surface area contributed by atoms with Crippen LogP contribution < -0.4 is 0 Å². The number of carbonyl (C=O) groups is 2. The number of hydrogen-bond acceptors (Lipinski definition) is 3. The van der Waals surface area contributed by atoms with E-state index in [0.717, 1.165) is 5.56 Å². The Kier molecular flexibility index (Phi) is 5.56. The van der Waals surface area contributed by atoms with E-state index in [9.17, 15) is 9.59 Å². The van der Waals surface area contributed by atoms with E-state index in [1.54, 1.807) is 0 Å². The second kappa shape index (κ2) is 6.94. The molecule has 3 nitrogen and oxygen atoms in total. The second-order valence-corrected chi connectivity index (χ2v) is 4.73. The van der Waals surface area contributed by atoms with Crippen LogP contribution in [-0.2, 0) is 20.7 Å². The summed E-state index contributed by atoms with van der Waals surface area (Å²) >= 11 is 0. The minimum Gasteiger partial charge on any atom is -0.469 e. The standard InChI is InChI=1S/C15H20O3/c1-11(2)14(16)10-13(15(17)18-3)9-12-7-5-4-6-8-12/h4-8,11,13H,9-10H2,1-3H3/t13-/m0/s1. The highest BCUT2D eigenvalue weighted by atomic mass is 16.5. The summed E-state index contributed by atoms with van der Waals surface area (Å²) < 4.78 is 4.77. The maximum Gasteiger partial charge on any atom is 0.309 e. The van der Waals surface area contributed by atoms with E-state index in [1.807, 2.05) is 44.2 Å². The van der Waals surface area contributed by atoms with Crippen LogP contribution in [0.15, 0.2) is 30.3 Å². The van der Waals surface area contributed by atoms with Gasteiger partial charge in [0.2, 0.25) is 0 Å². The summed E-state index contributed by atoms with van der Waals surface area (Å²) in [6.07, 6.45) is 0.797. The molecule has 0 aliphatic rings. The Morgan fingerprint density at radius 1 is 1.17 bits per heavy atom. The zero-order valence-corrected chi connectivity index (χ0v) is 11.2. The number of carbonyl (C=O) groups excluding carboxylic acids is 2. The van der Waals surface area contributed by atoms with Gasteiger partial charge in [0.1, 0.15) is 5.78 Å². The first kappa shape index (κ1) is 14.4. The molecular weight excluding hydrogens is 228 g/mol. The van der Waals surface area contributed by atoms with Gasteiger partial charge in [-0.3, -0.25) is 9.59 Å². The SMILES string of the molecule is COC(=O)[C@H](CC(=O)C(C)C)Cc1ccccc1. The number of benzene rings is 1. The first-order chi connectivity index (χ1) is 8.54. The van der Waals surface area contributed by atoms with E-state index in [0.29, 0.717) is 6.42 Å². The van der Waals surface area contributed by atoms with E-state index < -0.39 is 0 Å². The van der Waals surface area contributed by atoms with E-state index in [2.05, 4.69) is 0 Å². The molecular formula is C15H20O3. The monoisotopic (exact) mass is 248 g/mol. The number of ketones is 1. The van der Waals surface area contributed by atoms with Crippen molar-refractivity contribution in [2.45, 2.75) is 26.7 Å². The fraction of sp³-hybridized carbons (Fsp3) is 0.467. The molecule has 98 valence electrons. The molecule has 0 saturated heterocycles. The first-order valence-electron chi connectivity index (χ1n) is 6.19. The van der Waals surface area contributed by atoms with Crippen LogP contribution in [-0.4, -0.2) is 18.9 Å². The number of rotatable bonds is 6. The van der Waals surface area contributed by atoms with Crippen LogP contribution in [0.1, 0.15) is 25.8 Å². The molecule has 0 N–H and O–H groups in total. The van der Waals surface area contributed by atoms with Crippen LogP contribution in [0.3, 0.4) is 0 Å². The van der Waals surface area contributed by atoms with Crippen molar-refractivity contribution in [2.75, 3.05) is 7.11 Å². The van der Waals surface area contributed by atoms with Gasteiger partial charge in [-0.05, 0) is 12.0 Å². The van der Waals surface area contributed by atoms with Crippen LogP contribution in [0.2, 0.25) is 0 Å². The Bertz CT molecular complexity index is 395. The maximum absolute atomic E-state index is 11.8. The topological polar surface area (TPSA) is 43.4 Å². The van der Waals surface area contributed by atoms with E-state index in [-0.39, 0.29) is 30.0 Å². The molecule has 0 aromatic heterocycles. The zero-order chi connectivity index (χ0) is 13.5. The van der Waals surface area contributed by atoms with E-state index in [4.69, 9.17) is 4.74 Å². The molecule has 3 heteroatoms. The van der Waals surface area contributed by atoms with Crippen LogP contribution in [0.25, 0.3) is 0 Å². The number of esters is 1. The predicted molar refractivity (Wildman–Crippen MR) is 70.1 cm³/mol. The molecule has 0 saturated carbocycles. The van der Waals surface area contributed by atoms with Crippen molar-refractivity contribution in [3.8, 4) is 0 Å². The Balaban J connectivity index is 2.73. The third kappa shape index (κ3) is 4.32. The van der Waals surface area contributed by atoms with Crippen molar-refractivity contribution in [2.24, 2.45) is 11.8 Å². The van der Waals surface area contributed by atoms with Crippen LogP contribution in [0, 0.1) is 11.8 Å². The molecule has 0 unspecified atom stereocenters. The molecule has 1 aromatic rings. The van der Waals surface area contributed by atoms with Gasteiger partial charge in [0.05, 0.1) is 13.0 Å². The van der Waals surface area contributed by atoms with Gasteiger partial charge in [0.15, 0.2) is 0 Å². The van der Waals surface area contributed by atoms with E-state index >= 15 is 0 Å². The highest BCUT2D eigenvalue weighted by molar-refractivity contribution is 5.85. The molecule has 0 amide bonds. The normalized spacial score (nSPS) is 12.2. The summed E-state index contributed by atoms with van der Waals surface area (Å²) in [5, 5.41) is 0. The van der Waals surface area contributed by atoms with E-state index in [1.165, 1.54) is 7.11 Å². The number of ether oxygens (including phenoxy) is 1. The lowest BCUT2D eigenvalue weighted by Gasteiger charge is -2.15. The Morgan fingerprint density at radius 2 is 1.78 bits per heavy atom. The minimum atomic E-state index is -0.382. The van der Waals surface area contributed by atoms with Gasteiger partial charge in [-0.2, -0.15) is 0 Å². The fourth-order valence-corrected chi connectivity index (χ4v) is 1.78. The van der Waals surface area contributed by atoms with Gasteiger partial charge >= 0.3 is 5.97 Å². The molecule has 18 heavy (non-hydrogen) atoms. The van der Waals surface area contributed by atoms with Crippen LogP contribution in [0.4, 0.5) is 0 Å². The third-order valence-electron chi connectivity index (χ3n) is 2.95. The molecule has 0 radical (unpaired) electrons. The lowest BCUT2D eigenvalue weighted by molar-refractivity contribution is -0.147. The molecule has 0 aliphatic heterocycles. The summed E-state index contributed by atoms with van der Waals surface area (Å²) in [6.45, 7) is 3.69. The average Bonchev–Trinajstić information content (AvgIpc) is 2.38. The molecule has 1 rings (SSSR count). The summed E-state index contributed by atoms with van der Waals surface area (Å²) in [5.74, 6) is -0.644. The maximum atomic E-state index is 11.8. The smallest absolute Gasteiger partial charge is 0.309 e. The average molecular weight is 248 g/mol. The Morgan fingerprint density at radius 3 is 2.28 bits per heavy atom. The molecule has 0 bridgehead atoms. The van der Waals surface area contributed by atoms with Gasteiger partial charge in [0, 0.05) is 12.3 Å². The summed E-state index contributed by atoms with van der Waals surface area (Å²) in [7, 11) is 1.36. The van der Waals surface area contributed by atoms with Crippen molar-refractivity contribution in [3.63, 3.8) is 0 Å². The molecule has 0 aliphatic carbocycles. The summed E-state index contributed by atoms with van der Waals surface area (Å²) in [5.41, 5.74) is 1.05. The number of Topliss-reactive ketones (excluding diaryl/α,β-unsaturated/α-hetero) is 1. The van der Waals surface area contributed by atoms with Gasteiger partial charge < -0.3 is 4.74 Å². The Hall–Kier alpha value is -1.64. The molecule has 0 fully saturated rings. The molecule has 0 heterocycles. The largest absolute Gasteiger partial charge is 0.469 e. The minimum absolute atomic E-state index is 0.0482. The molecule has 1 atom stereocenters. The van der Waals surface area contributed by atoms with Crippen molar-refractivity contribution >= 4 is 11.8 Å². The highest BCUT2D eigenvalue weighted by Crippen LogP contribution is 2.16. The zero-order valence-electron chi connectivity index (χ0n) is 11.2. The first-order valence-corrected chi connectivity index (χ1v) is 6.19. The lowest BCUT2D eigenvalue weighted by Crippen LogP contribution is -2.24. The van der Waals surface area contributed by atoms with Gasteiger partial charge in [-0.25, -0.2) is 0 Å². The predicted octanol–water partition coefficient (Wildman–Crippen LogP) is 2.63.